The maximum absolute atomic E-state index is 12.0. The van der Waals surface area contributed by atoms with Crippen LogP contribution in [0.25, 0.3) is 0 Å². The van der Waals surface area contributed by atoms with Crippen LogP contribution in [0.1, 0.15) is 20.3 Å². The summed E-state index contributed by atoms with van der Waals surface area (Å²) in [5.74, 6) is 0.124. The van der Waals surface area contributed by atoms with Crippen molar-refractivity contribution in [2.24, 2.45) is 11.8 Å². The first kappa shape index (κ1) is 15.5. The molecule has 1 aromatic rings. The van der Waals surface area contributed by atoms with Crippen molar-refractivity contribution in [1.82, 2.24) is 0 Å². The van der Waals surface area contributed by atoms with Gasteiger partial charge in [0.15, 0.2) is 0 Å². The quantitative estimate of drug-likeness (QED) is 0.789. The Hall–Kier alpha value is -0.930. The molecule has 0 spiro atoms. The van der Waals surface area contributed by atoms with Crippen molar-refractivity contribution in [3.8, 4) is 0 Å². The topological polar surface area (TPSA) is 29.5 Å². The van der Waals surface area contributed by atoms with E-state index < -0.39 is 0 Å². The standard InChI is InChI=1S/C15H19Cl2NO2/c1-3-20-15(19)14-9-18(5-4-10(14)2)13-7-11(16)6-12(17)8-13/h6-8,10,14H,3-5,9H2,1-2H3. The largest absolute Gasteiger partial charge is 0.466 e. The van der Waals surface area contributed by atoms with E-state index >= 15 is 0 Å². The highest BCUT2D eigenvalue weighted by Crippen LogP contribution is 2.31. The van der Waals surface area contributed by atoms with Crippen LogP contribution in [-0.2, 0) is 9.53 Å². The highest BCUT2D eigenvalue weighted by atomic mass is 35.5. The summed E-state index contributed by atoms with van der Waals surface area (Å²) in [6.45, 7) is 5.90. The second kappa shape index (κ2) is 6.68. The molecule has 110 valence electrons. The molecule has 1 heterocycles. The Kier molecular flexibility index (Phi) is 5.17. The number of esters is 1. The van der Waals surface area contributed by atoms with E-state index in [0.29, 0.717) is 29.1 Å². The van der Waals surface area contributed by atoms with Gasteiger partial charge >= 0.3 is 5.97 Å². The van der Waals surface area contributed by atoms with E-state index in [0.717, 1.165) is 18.7 Å². The second-order valence-corrected chi connectivity index (χ2v) is 6.07. The van der Waals surface area contributed by atoms with Crippen LogP contribution in [0.3, 0.4) is 0 Å². The Bertz CT molecular complexity index is 473. The zero-order valence-electron chi connectivity index (χ0n) is 11.7. The van der Waals surface area contributed by atoms with Crippen LogP contribution in [0.2, 0.25) is 10.0 Å². The zero-order valence-corrected chi connectivity index (χ0v) is 13.2. The van der Waals surface area contributed by atoms with Gasteiger partial charge in [0.05, 0.1) is 12.5 Å². The molecule has 1 fully saturated rings. The molecular weight excluding hydrogens is 297 g/mol. The zero-order chi connectivity index (χ0) is 14.7. The molecule has 2 atom stereocenters. The summed E-state index contributed by atoms with van der Waals surface area (Å²) >= 11 is 12.1. The monoisotopic (exact) mass is 315 g/mol. The van der Waals surface area contributed by atoms with E-state index in [1.165, 1.54) is 0 Å². The summed E-state index contributed by atoms with van der Waals surface area (Å²) in [5.41, 5.74) is 0.962. The van der Waals surface area contributed by atoms with Gasteiger partial charge in [-0.25, -0.2) is 0 Å². The molecule has 0 amide bonds. The number of hydrogen-bond acceptors (Lipinski definition) is 3. The van der Waals surface area contributed by atoms with Gasteiger partial charge in [0.2, 0.25) is 0 Å². The number of piperidine rings is 1. The lowest BCUT2D eigenvalue weighted by molar-refractivity contribution is -0.149. The van der Waals surface area contributed by atoms with Gasteiger partial charge in [-0.3, -0.25) is 4.79 Å². The molecule has 1 aliphatic rings. The average molecular weight is 316 g/mol. The Labute approximate surface area is 129 Å². The molecular formula is C15H19Cl2NO2. The number of benzene rings is 1. The van der Waals surface area contributed by atoms with Crippen molar-refractivity contribution in [2.45, 2.75) is 20.3 Å². The average Bonchev–Trinajstić information content (AvgIpc) is 2.38. The fourth-order valence-electron chi connectivity index (χ4n) is 2.58. The highest BCUT2D eigenvalue weighted by molar-refractivity contribution is 6.35. The van der Waals surface area contributed by atoms with E-state index in [4.69, 9.17) is 27.9 Å². The van der Waals surface area contributed by atoms with Crippen molar-refractivity contribution >= 4 is 34.9 Å². The van der Waals surface area contributed by atoms with E-state index in [-0.39, 0.29) is 11.9 Å². The predicted molar refractivity (Wildman–Crippen MR) is 82.6 cm³/mol. The maximum atomic E-state index is 12.0. The minimum atomic E-state index is -0.113. The second-order valence-electron chi connectivity index (χ2n) is 5.20. The molecule has 1 saturated heterocycles. The Balaban J connectivity index is 2.15. The van der Waals surface area contributed by atoms with Crippen LogP contribution >= 0.6 is 23.2 Å². The van der Waals surface area contributed by atoms with Crippen molar-refractivity contribution in [3.05, 3.63) is 28.2 Å². The third-order valence-corrected chi connectivity index (χ3v) is 4.20. The first-order valence-electron chi connectivity index (χ1n) is 6.89. The van der Waals surface area contributed by atoms with Crippen LogP contribution in [0.15, 0.2) is 18.2 Å². The lowest BCUT2D eigenvalue weighted by atomic mass is 9.87. The molecule has 0 aromatic heterocycles. The molecule has 0 radical (unpaired) electrons. The van der Waals surface area contributed by atoms with Crippen LogP contribution in [-0.4, -0.2) is 25.7 Å². The first-order chi connectivity index (χ1) is 9.51. The van der Waals surface area contributed by atoms with Gasteiger partial charge in [-0.1, -0.05) is 30.1 Å². The number of halogens is 2. The number of carbonyl (C=O) groups excluding carboxylic acids is 1. The lowest BCUT2D eigenvalue weighted by Crippen LogP contribution is -2.43. The third kappa shape index (κ3) is 3.58. The minimum Gasteiger partial charge on any atom is -0.466 e. The van der Waals surface area contributed by atoms with E-state index in [1.54, 1.807) is 6.07 Å². The number of hydrogen-bond donors (Lipinski definition) is 0. The van der Waals surface area contributed by atoms with Gasteiger partial charge < -0.3 is 9.64 Å². The summed E-state index contributed by atoms with van der Waals surface area (Å²) in [5, 5.41) is 1.22. The number of nitrogens with zero attached hydrogens (tertiary/aromatic N) is 1. The smallest absolute Gasteiger partial charge is 0.310 e. The number of rotatable bonds is 3. The van der Waals surface area contributed by atoms with Gasteiger partial charge in [0.25, 0.3) is 0 Å². The van der Waals surface area contributed by atoms with Crippen molar-refractivity contribution in [2.75, 3.05) is 24.6 Å². The van der Waals surface area contributed by atoms with Crippen molar-refractivity contribution < 1.29 is 9.53 Å². The summed E-state index contributed by atoms with van der Waals surface area (Å²) in [6.07, 6.45) is 0.952. The fourth-order valence-corrected chi connectivity index (χ4v) is 3.10. The molecule has 0 saturated carbocycles. The molecule has 5 heteroatoms. The Morgan fingerprint density at radius 2 is 2.00 bits per heavy atom. The van der Waals surface area contributed by atoms with Gasteiger partial charge in [-0.05, 0) is 37.5 Å². The Morgan fingerprint density at radius 1 is 1.35 bits per heavy atom. The molecule has 0 N–H and O–H groups in total. The van der Waals surface area contributed by atoms with Crippen LogP contribution in [0.5, 0.6) is 0 Å². The van der Waals surface area contributed by atoms with Crippen LogP contribution in [0, 0.1) is 11.8 Å². The van der Waals surface area contributed by atoms with E-state index in [1.807, 2.05) is 19.1 Å². The fraction of sp³-hybridized carbons (Fsp3) is 0.533. The summed E-state index contributed by atoms with van der Waals surface area (Å²) in [6, 6.07) is 5.47. The summed E-state index contributed by atoms with van der Waals surface area (Å²) < 4.78 is 5.17. The lowest BCUT2D eigenvalue weighted by Gasteiger charge is -2.37. The van der Waals surface area contributed by atoms with Crippen molar-refractivity contribution in [3.63, 3.8) is 0 Å². The van der Waals surface area contributed by atoms with E-state index in [2.05, 4.69) is 11.8 Å². The molecule has 0 bridgehead atoms. The van der Waals surface area contributed by atoms with Crippen LogP contribution < -0.4 is 4.90 Å². The predicted octanol–water partition coefficient (Wildman–Crippen LogP) is 4.02. The van der Waals surface area contributed by atoms with Gasteiger partial charge in [-0.2, -0.15) is 0 Å². The molecule has 1 aliphatic heterocycles. The molecule has 0 aliphatic carbocycles. The first-order valence-corrected chi connectivity index (χ1v) is 7.64. The van der Waals surface area contributed by atoms with Crippen LogP contribution in [0.4, 0.5) is 5.69 Å². The van der Waals surface area contributed by atoms with Crippen molar-refractivity contribution in [1.29, 1.82) is 0 Å². The van der Waals surface area contributed by atoms with Gasteiger partial charge in [0.1, 0.15) is 0 Å². The summed E-state index contributed by atoms with van der Waals surface area (Å²) in [7, 11) is 0. The number of anilines is 1. The maximum Gasteiger partial charge on any atom is 0.310 e. The number of ether oxygens (including phenoxy) is 1. The van der Waals surface area contributed by atoms with E-state index in [9.17, 15) is 4.79 Å². The Morgan fingerprint density at radius 3 is 2.60 bits per heavy atom. The van der Waals surface area contributed by atoms with Gasteiger partial charge in [-0.15, -0.1) is 0 Å². The molecule has 20 heavy (non-hydrogen) atoms. The normalized spacial score (nSPS) is 22.7. The minimum absolute atomic E-state index is 0.0959. The summed E-state index contributed by atoms with van der Waals surface area (Å²) in [4.78, 5) is 14.2. The molecule has 2 rings (SSSR count). The highest BCUT2D eigenvalue weighted by Gasteiger charge is 2.32. The molecule has 2 unspecified atom stereocenters. The number of carbonyl (C=O) groups is 1. The SMILES string of the molecule is CCOC(=O)C1CN(c2cc(Cl)cc(Cl)c2)CCC1C. The molecule has 1 aromatic carbocycles. The third-order valence-electron chi connectivity index (χ3n) is 3.76. The van der Waals surface area contributed by atoms with Gasteiger partial charge in [0, 0.05) is 28.8 Å². The molecule has 3 nitrogen and oxygen atoms in total.